The van der Waals surface area contributed by atoms with Crippen molar-refractivity contribution in [2.45, 2.75) is 38.3 Å². The van der Waals surface area contributed by atoms with Gasteiger partial charge in [0.25, 0.3) is 11.4 Å². The van der Waals surface area contributed by atoms with Crippen molar-refractivity contribution in [1.29, 1.82) is 0 Å². The van der Waals surface area contributed by atoms with Gasteiger partial charge in [0, 0.05) is 41.7 Å². The van der Waals surface area contributed by atoms with Crippen LogP contribution in [0.15, 0.2) is 103 Å². The number of nitro groups is 2. The molecule has 2 amide bonds. The van der Waals surface area contributed by atoms with E-state index in [-0.39, 0.29) is 48.1 Å². The standard InChI is InChI=1S/C32H28N4O6/c1-22-19-30(34(25-7-3-2-4-8-25)32(38)21-24-13-17-27(18-14-24)36(41)42)28-9-5-6-10-29(28)33(22)31(37)20-23-11-15-26(16-12-23)35(39)40/h2-18,22,30H,19-21H2,1H3/t22-,30+/m1/s1. The lowest BCUT2D eigenvalue weighted by Gasteiger charge is -2.43. The van der Waals surface area contributed by atoms with Crippen LogP contribution in [0.4, 0.5) is 22.7 Å². The second kappa shape index (κ2) is 12.0. The number of rotatable bonds is 8. The van der Waals surface area contributed by atoms with Gasteiger partial charge in [0.2, 0.25) is 11.8 Å². The molecule has 0 N–H and O–H groups in total. The monoisotopic (exact) mass is 564 g/mol. The van der Waals surface area contributed by atoms with Crippen LogP contribution in [-0.2, 0) is 22.4 Å². The molecule has 4 aromatic rings. The van der Waals surface area contributed by atoms with Crippen molar-refractivity contribution in [2.75, 3.05) is 9.80 Å². The van der Waals surface area contributed by atoms with Crippen LogP contribution in [0.5, 0.6) is 0 Å². The Morgan fingerprint density at radius 2 is 1.29 bits per heavy atom. The molecule has 5 rings (SSSR count). The molecule has 42 heavy (non-hydrogen) atoms. The van der Waals surface area contributed by atoms with Crippen molar-refractivity contribution in [3.63, 3.8) is 0 Å². The second-order valence-corrected chi connectivity index (χ2v) is 10.2. The normalized spacial score (nSPS) is 15.9. The average molecular weight is 565 g/mol. The highest BCUT2D eigenvalue weighted by atomic mass is 16.6. The van der Waals surface area contributed by atoms with E-state index in [0.717, 1.165) is 5.56 Å². The molecule has 0 saturated carbocycles. The minimum Gasteiger partial charge on any atom is -0.309 e. The van der Waals surface area contributed by atoms with Gasteiger partial charge >= 0.3 is 0 Å². The van der Waals surface area contributed by atoms with E-state index in [4.69, 9.17) is 0 Å². The summed E-state index contributed by atoms with van der Waals surface area (Å²) in [5.41, 5.74) is 3.49. The minimum atomic E-state index is -0.476. The molecule has 10 nitrogen and oxygen atoms in total. The van der Waals surface area contributed by atoms with Gasteiger partial charge in [0.1, 0.15) is 0 Å². The summed E-state index contributed by atoms with van der Waals surface area (Å²) in [5, 5.41) is 22.1. The molecule has 1 aliphatic heterocycles. The Morgan fingerprint density at radius 1 is 0.762 bits per heavy atom. The van der Waals surface area contributed by atoms with Crippen LogP contribution in [0.2, 0.25) is 0 Å². The van der Waals surface area contributed by atoms with E-state index in [1.165, 1.54) is 24.3 Å². The first-order valence-corrected chi connectivity index (χ1v) is 13.5. The number of amides is 2. The lowest BCUT2D eigenvalue weighted by atomic mass is 9.89. The first-order chi connectivity index (χ1) is 20.2. The molecule has 0 aromatic heterocycles. The molecule has 2 atom stereocenters. The highest BCUT2D eigenvalue weighted by molar-refractivity contribution is 5.99. The zero-order chi connectivity index (χ0) is 29.8. The van der Waals surface area contributed by atoms with E-state index >= 15 is 0 Å². The molecule has 0 unspecified atom stereocenters. The molecule has 0 bridgehead atoms. The van der Waals surface area contributed by atoms with Gasteiger partial charge in [-0.3, -0.25) is 29.8 Å². The predicted octanol–water partition coefficient (Wildman–Crippen LogP) is 6.19. The van der Waals surface area contributed by atoms with Gasteiger partial charge in [0.15, 0.2) is 0 Å². The summed E-state index contributed by atoms with van der Waals surface area (Å²) in [6.07, 6.45) is 0.593. The Kier molecular flexibility index (Phi) is 8.05. The fourth-order valence-electron chi connectivity index (χ4n) is 5.48. The Balaban J connectivity index is 1.46. The maximum Gasteiger partial charge on any atom is 0.269 e. The number of benzene rings is 4. The van der Waals surface area contributed by atoms with Gasteiger partial charge in [-0.05, 0) is 48.2 Å². The molecule has 10 heteroatoms. The second-order valence-electron chi connectivity index (χ2n) is 10.2. The van der Waals surface area contributed by atoms with Crippen LogP contribution >= 0.6 is 0 Å². The fraction of sp³-hybridized carbons (Fsp3) is 0.188. The van der Waals surface area contributed by atoms with Gasteiger partial charge in [-0.2, -0.15) is 0 Å². The summed E-state index contributed by atoms with van der Waals surface area (Å²) in [6, 6.07) is 28.2. The van der Waals surface area contributed by atoms with Crippen LogP contribution in [-0.4, -0.2) is 27.7 Å². The van der Waals surface area contributed by atoms with Crippen LogP contribution in [0.3, 0.4) is 0 Å². The number of nitrogens with zero attached hydrogens (tertiary/aromatic N) is 4. The van der Waals surface area contributed by atoms with Gasteiger partial charge in [0.05, 0.1) is 28.7 Å². The summed E-state index contributed by atoms with van der Waals surface area (Å²) < 4.78 is 0. The van der Waals surface area contributed by atoms with Crippen LogP contribution < -0.4 is 9.80 Å². The molecular weight excluding hydrogens is 536 g/mol. The number of fused-ring (bicyclic) bond motifs is 1. The summed E-state index contributed by atoms with van der Waals surface area (Å²) >= 11 is 0. The summed E-state index contributed by atoms with van der Waals surface area (Å²) in [7, 11) is 0. The van der Waals surface area contributed by atoms with E-state index in [2.05, 4.69) is 0 Å². The quantitative estimate of drug-likeness (QED) is 0.186. The zero-order valence-corrected chi connectivity index (χ0v) is 22.8. The van der Waals surface area contributed by atoms with Crippen molar-refractivity contribution in [3.05, 3.63) is 140 Å². The number of para-hydroxylation sites is 2. The Bertz CT molecular complexity index is 1620. The highest BCUT2D eigenvalue weighted by Gasteiger charge is 2.38. The van der Waals surface area contributed by atoms with E-state index in [1.807, 2.05) is 61.5 Å². The largest absolute Gasteiger partial charge is 0.309 e. The first kappa shape index (κ1) is 28.2. The van der Waals surface area contributed by atoms with Crippen molar-refractivity contribution < 1.29 is 19.4 Å². The van der Waals surface area contributed by atoms with E-state index in [0.29, 0.717) is 28.9 Å². The van der Waals surface area contributed by atoms with Crippen molar-refractivity contribution in [3.8, 4) is 0 Å². The molecule has 0 saturated heterocycles. The lowest BCUT2D eigenvalue weighted by Crippen LogP contribution is -2.48. The van der Waals surface area contributed by atoms with E-state index in [9.17, 15) is 29.8 Å². The van der Waals surface area contributed by atoms with Crippen LogP contribution in [0, 0.1) is 20.2 Å². The number of anilines is 2. The molecular formula is C32H28N4O6. The van der Waals surface area contributed by atoms with Crippen LogP contribution in [0.25, 0.3) is 0 Å². The van der Waals surface area contributed by atoms with Crippen molar-refractivity contribution in [2.24, 2.45) is 0 Å². The number of hydrogen-bond donors (Lipinski definition) is 0. The lowest BCUT2D eigenvalue weighted by molar-refractivity contribution is -0.385. The molecule has 0 aliphatic carbocycles. The predicted molar refractivity (Wildman–Crippen MR) is 158 cm³/mol. The topological polar surface area (TPSA) is 127 Å². The summed E-state index contributed by atoms with van der Waals surface area (Å²) in [6.45, 7) is 1.95. The summed E-state index contributed by atoms with van der Waals surface area (Å²) in [5.74, 6) is -0.321. The third-order valence-corrected chi connectivity index (χ3v) is 7.45. The SMILES string of the molecule is C[C@@H]1C[C@H](N(C(=O)Cc2ccc([N+](=O)[O-])cc2)c2ccccc2)c2ccccc2N1C(=O)Cc1ccc([N+](=O)[O-])cc1. The van der Waals surface area contributed by atoms with E-state index in [1.54, 1.807) is 34.1 Å². The molecule has 212 valence electrons. The van der Waals surface area contributed by atoms with Crippen molar-refractivity contribution in [1.82, 2.24) is 0 Å². The molecule has 0 spiro atoms. The molecule has 4 aromatic carbocycles. The maximum atomic E-state index is 13.9. The van der Waals surface area contributed by atoms with Crippen molar-refractivity contribution >= 4 is 34.6 Å². The van der Waals surface area contributed by atoms with Gasteiger partial charge < -0.3 is 9.80 Å². The molecule has 1 heterocycles. The molecule has 1 aliphatic rings. The van der Waals surface area contributed by atoms with Gasteiger partial charge in [-0.15, -0.1) is 0 Å². The van der Waals surface area contributed by atoms with Crippen LogP contribution in [0.1, 0.15) is 36.1 Å². The first-order valence-electron chi connectivity index (χ1n) is 13.5. The third-order valence-electron chi connectivity index (χ3n) is 7.45. The third kappa shape index (κ3) is 5.87. The molecule has 0 fully saturated rings. The average Bonchev–Trinajstić information content (AvgIpc) is 2.98. The molecule has 0 radical (unpaired) electrons. The van der Waals surface area contributed by atoms with Gasteiger partial charge in [-0.25, -0.2) is 0 Å². The van der Waals surface area contributed by atoms with E-state index < -0.39 is 9.85 Å². The number of non-ortho nitro benzene ring substituents is 2. The fourth-order valence-corrected chi connectivity index (χ4v) is 5.48. The number of carbonyl (C=O) groups is 2. The number of hydrogen-bond acceptors (Lipinski definition) is 6. The summed E-state index contributed by atoms with van der Waals surface area (Å²) in [4.78, 5) is 52.2. The highest BCUT2D eigenvalue weighted by Crippen LogP contribution is 2.42. The Hall–Kier alpha value is -5.38. The smallest absolute Gasteiger partial charge is 0.269 e. The zero-order valence-electron chi connectivity index (χ0n) is 22.8. The minimum absolute atomic E-state index is 0.0369. The Morgan fingerprint density at radius 3 is 1.86 bits per heavy atom. The number of nitro benzene ring substituents is 2. The maximum absolute atomic E-state index is 13.9. The Labute approximate surface area is 242 Å². The van der Waals surface area contributed by atoms with Gasteiger partial charge in [-0.1, -0.05) is 60.7 Å². The number of carbonyl (C=O) groups excluding carboxylic acids is 2.